The molecule has 1 saturated heterocycles. The van der Waals surface area contributed by atoms with E-state index < -0.39 is 0 Å². The van der Waals surface area contributed by atoms with Gasteiger partial charge in [0, 0.05) is 18.5 Å². The van der Waals surface area contributed by atoms with Gasteiger partial charge in [-0.1, -0.05) is 18.2 Å². The Morgan fingerprint density at radius 1 is 1.16 bits per heavy atom. The van der Waals surface area contributed by atoms with E-state index in [1.807, 2.05) is 0 Å². The van der Waals surface area contributed by atoms with Crippen molar-refractivity contribution >= 4 is 16.7 Å². The van der Waals surface area contributed by atoms with Crippen LogP contribution in [0.3, 0.4) is 0 Å². The molecule has 4 rings (SSSR count). The van der Waals surface area contributed by atoms with Crippen molar-refractivity contribution in [2.45, 2.75) is 32.6 Å². The predicted octanol–water partition coefficient (Wildman–Crippen LogP) is 3.92. The lowest BCUT2D eigenvalue weighted by atomic mass is 9.95. The molecule has 2 aliphatic rings. The van der Waals surface area contributed by atoms with Crippen LogP contribution in [0.1, 0.15) is 31.2 Å². The van der Waals surface area contributed by atoms with Gasteiger partial charge in [0.15, 0.2) is 0 Å². The van der Waals surface area contributed by atoms with Crippen LogP contribution in [0.25, 0.3) is 10.9 Å². The highest BCUT2D eigenvalue weighted by molar-refractivity contribution is 5.81. The molecule has 2 nitrogen and oxygen atoms in total. The van der Waals surface area contributed by atoms with Crippen LogP contribution in [0, 0.1) is 12.3 Å². The normalized spacial score (nSPS) is 21.0. The minimum atomic E-state index is 0.651. The molecule has 1 aliphatic carbocycles. The maximum absolute atomic E-state index is 4.92. The Bertz CT molecular complexity index is 628. The van der Waals surface area contributed by atoms with Crippen molar-refractivity contribution in [3.63, 3.8) is 0 Å². The number of hydrogen-bond acceptors (Lipinski definition) is 2. The summed E-state index contributed by atoms with van der Waals surface area (Å²) in [5.74, 6) is 1.21. The zero-order valence-corrected chi connectivity index (χ0v) is 11.5. The van der Waals surface area contributed by atoms with E-state index in [1.165, 1.54) is 55.5 Å². The molecule has 0 radical (unpaired) electrons. The Balaban J connectivity index is 1.75. The Kier molecular flexibility index (Phi) is 2.35. The summed E-state index contributed by atoms with van der Waals surface area (Å²) in [7, 11) is 0. The van der Waals surface area contributed by atoms with Crippen molar-refractivity contribution in [3.8, 4) is 0 Å². The third-order valence-corrected chi connectivity index (χ3v) is 4.81. The number of piperidine rings is 1. The average molecular weight is 252 g/mol. The molecule has 19 heavy (non-hydrogen) atoms. The molecule has 1 spiro atoms. The number of para-hydroxylation sites is 1. The third kappa shape index (κ3) is 1.90. The zero-order chi connectivity index (χ0) is 12.9. The summed E-state index contributed by atoms with van der Waals surface area (Å²) in [5, 5.41) is 1.25. The minimum Gasteiger partial charge on any atom is -0.356 e. The molecule has 98 valence electrons. The summed E-state index contributed by atoms with van der Waals surface area (Å²) in [5.41, 5.74) is 3.09. The second kappa shape index (κ2) is 3.96. The monoisotopic (exact) mass is 252 g/mol. The second-order valence-electron chi connectivity index (χ2n) is 6.35. The van der Waals surface area contributed by atoms with Gasteiger partial charge in [0.05, 0.1) is 5.52 Å². The zero-order valence-electron chi connectivity index (χ0n) is 11.5. The average Bonchev–Trinajstić information content (AvgIpc) is 3.17. The summed E-state index contributed by atoms with van der Waals surface area (Å²) in [6.45, 7) is 4.59. The van der Waals surface area contributed by atoms with Crippen molar-refractivity contribution in [2.75, 3.05) is 18.0 Å². The SMILES string of the molecule is Cc1cc2ccccc2nc1N1CCCC2(CC2)C1. The van der Waals surface area contributed by atoms with Crippen LogP contribution in [0.2, 0.25) is 0 Å². The summed E-state index contributed by atoms with van der Waals surface area (Å²) in [6, 6.07) is 10.7. The molecular weight excluding hydrogens is 232 g/mol. The van der Waals surface area contributed by atoms with Gasteiger partial charge in [0.2, 0.25) is 0 Å². The fourth-order valence-corrected chi connectivity index (χ4v) is 3.51. The molecule has 0 N–H and O–H groups in total. The highest BCUT2D eigenvalue weighted by atomic mass is 15.2. The van der Waals surface area contributed by atoms with Crippen molar-refractivity contribution in [1.82, 2.24) is 4.98 Å². The van der Waals surface area contributed by atoms with E-state index in [4.69, 9.17) is 4.98 Å². The lowest BCUT2D eigenvalue weighted by molar-refractivity contribution is 0.393. The van der Waals surface area contributed by atoms with Crippen molar-refractivity contribution in [2.24, 2.45) is 5.41 Å². The van der Waals surface area contributed by atoms with Crippen LogP contribution in [-0.2, 0) is 0 Å². The lowest BCUT2D eigenvalue weighted by Gasteiger charge is -2.34. The van der Waals surface area contributed by atoms with Crippen molar-refractivity contribution in [3.05, 3.63) is 35.9 Å². The Labute approximate surface area is 114 Å². The van der Waals surface area contributed by atoms with Gasteiger partial charge in [-0.15, -0.1) is 0 Å². The summed E-state index contributed by atoms with van der Waals surface area (Å²) in [6.07, 6.45) is 5.61. The smallest absolute Gasteiger partial charge is 0.132 e. The fraction of sp³-hybridized carbons (Fsp3) is 0.471. The summed E-state index contributed by atoms with van der Waals surface area (Å²) in [4.78, 5) is 7.44. The third-order valence-electron chi connectivity index (χ3n) is 4.81. The van der Waals surface area contributed by atoms with Crippen LogP contribution < -0.4 is 4.90 Å². The number of aryl methyl sites for hydroxylation is 1. The van der Waals surface area contributed by atoms with Gasteiger partial charge in [-0.2, -0.15) is 0 Å². The van der Waals surface area contributed by atoms with E-state index in [0.717, 1.165) is 5.52 Å². The molecule has 0 unspecified atom stereocenters. The summed E-state index contributed by atoms with van der Waals surface area (Å²) < 4.78 is 0. The Morgan fingerprint density at radius 2 is 2.00 bits per heavy atom. The van der Waals surface area contributed by atoms with E-state index in [2.05, 4.69) is 42.2 Å². The Morgan fingerprint density at radius 3 is 2.84 bits per heavy atom. The number of rotatable bonds is 1. The predicted molar refractivity (Wildman–Crippen MR) is 79.6 cm³/mol. The molecule has 1 aromatic heterocycles. The molecule has 2 heteroatoms. The molecule has 1 saturated carbocycles. The number of nitrogens with zero attached hydrogens (tertiary/aromatic N) is 2. The van der Waals surface area contributed by atoms with E-state index in [1.54, 1.807) is 0 Å². The van der Waals surface area contributed by atoms with E-state index in [-0.39, 0.29) is 0 Å². The molecule has 0 bridgehead atoms. The number of pyridine rings is 1. The fourth-order valence-electron chi connectivity index (χ4n) is 3.51. The largest absolute Gasteiger partial charge is 0.356 e. The van der Waals surface area contributed by atoms with E-state index in [0.29, 0.717) is 5.41 Å². The molecule has 0 atom stereocenters. The van der Waals surface area contributed by atoms with E-state index in [9.17, 15) is 0 Å². The van der Waals surface area contributed by atoms with Gasteiger partial charge in [-0.25, -0.2) is 4.98 Å². The van der Waals surface area contributed by atoms with Crippen molar-refractivity contribution < 1.29 is 0 Å². The first-order chi connectivity index (χ1) is 9.26. The quantitative estimate of drug-likeness (QED) is 0.764. The minimum absolute atomic E-state index is 0.651. The standard InChI is InChI=1S/C17H20N2/c1-13-11-14-5-2-3-6-15(14)18-16(13)19-10-4-7-17(12-19)8-9-17/h2-3,5-6,11H,4,7-10,12H2,1H3. The molecule has 2 fully saturated rings. The van der Waals surface area contributed by atoms with Crippen LogP contribution >= 0.6 is 0 Å². The van der Waals surface area contributed by atoms with Crippen molar-refractivity contribution in [1.29, 1.82) is 0 Å². The molecule has 2 aromatic rings. The topological polar surface area (TPSA) is 16.1 Å². The van der Waals surface area contributed by atoms with Gasteiger partial charge in [-0.3, -0.25) is 0 Å². The first-order valence-electron chi connectivity index (χ1n) is 7.37. The highest BCUT2D eigenvalue weighted by Crippen LogP contribution is 2.52. The number of aromatic nitrogens is 1. The van der Waals surface area contributed by atoms with Gasteiger partial charge in [-0.05, 0) is 55.7 Å². The number of benzene rings is 1. The molecular formula is C17H20N2. The molecule has 2 heterocycles. The molecule has 1 aromatic carbocycles. The Hall–Kier alpha value is -1.57. The number of hydrogen-bond donors (Lipinski definition) is 0. The van der Waals surface area contributed by atoms with Gasteiger partial charge >= 0.3 is 0 Å². The second-order valence-corrected chi connectivity index (χ2v) is 6.35. The number of anilines is 1. The van der Waals surface area contributed by atoms with Gasteiger partial charge in [0.1, 0.15) is 5.82 Å². The maximum Gasteiger partial charge on any atom is 0.132 e. The van der Waals surface area contributed by atoms with Gasteiger partial charge in [0.25, 0.3) is 0 Å². The van der Waals surface area contributed by atoms with Crippen LogP contribution in [0.4, 0.5) is 5.82 Å². The lowest BCUT2D eigenvalue weighted by Crippen LogP contribution is -2.37. The van der Waals surface area contributed by atoms with Crippen LogP contribution in [0.15, 0.2) is 30.3 Å². The molecule has 0 amide bonds. The van der Waals surface area contributed by atoms with Gasteiger partial charge < -0.3 is 4.90 Å². The first kappa shape index (κ1) is 11.3. The van der Waals surface area contributed by atoms with Crippen LogP contribution in [-0.4, -0.2) is 18.1 Å². The maximum atomic E-state index is 4.92. The van der Waals surface area contributed by atoms with E-state index >= 15 is 0 Å². The first-order valence-corrected chi connectivity index (χ1v) is 7.37. The van der Waals surface area contributed by atoms with Crippen LogP contribution in [0.5, 0.6) is 0 Å². The molecule has 1 aliphatic heterocycles. The summed E-state index contributed by atoms with van der Waals surface area (Å²) >= 11 is 0. The number of fused-ring (bicyclic) bond motifs is 1. The highest BCUT2D eigenvalue weighted by Gasteiger charge is 2.45.